The molecule has 7 heteroatoms. The van der Waals surface area contributed by atoms with Gasteiger partial charge in [0.05, 0.1) is 18.2 Å². The standard InChI is InChI=1S/C34H35N3O3S/c1-22-8-7-9-26(20-22)31(38)37-19-16-24-21-25(10-15-29(24)37)30-23(2)41-33(35-30)36-32(39)34(17-5-4-6-18-34)27-11-13-28(40-3)14-12-27/h7-15,20-21H,4-6,16-19H2,1-3H3,(H,35,36,39). The zero-order valence-electron chi connectivity index (χ0n) is 23.8. The minimum Gasteiger partial charge on any atom is -0.497 e. The molecule has 0 unspecified atom stereocenters. The van der Waals surface area contributed by atoms with Crippen molar-refractivity contribution in [2.24, 2.45) is 0 Å². The number of aryl methyl sites for hydroxylation is 2. The molecule has 2 aliphatic rings. The summed E-state index contributed by atoms with van der Waals surface area (Å²) in [4.78, 5) is 34.9. The predicted octanol–water partition coefficient (Wildman–Crippen LogP) is 7.48. The summed E-state index contributed by atoms with van der Waals surface area (Å²) in [6, 6.07) is 21.9. The number of anilines is 2. The van der Waals surface area contributed by atoms with Gasteiger partial charge in [0.2, 0.25) is 5.91 Å². The number of methoxy groups -OCH3 is 1. The van der Waals surface area contributed by atoms with Crippen LogP contribution < -0.4 is 15.0 Å². The van der Waals surface area contributed by atoms with E-state index in [4.69, 9.17) is 9.72 Å². The van der Waals surface area contributed by atoms with Crippen LogP contribution in [0.2, 0.25) is 0 Å². The number of nitrogens with one attached hydrogen (secondary N) is 1. The number of hydrogen-bond acceptors (Lipinski definition) is 5. The highest BCUT2D eigenvalue weighted by Crippen LogP contribution is 2.42. The summed E-state index contributed by atoms with van der Waals surface area (Å²) in [6.45, 7) is 4.71. The lowest BCUT2D eigenvalue weighted by molar-refractivity contribution is -0.122. The van der Waals surface area contributed by atoms with E-state index in [1.165, 1.54) is 11.3 Å². The first-order valence-electron chi connectivity index (χ1n) is 14.3. The zero-order valence-corrected chi connectivity index (χ0v) is 24.6. The van der Waals surface area contributed by atoms with Crippen molar-refractivity contribution in [1.29, 1.82) is 0 Å². The summed E-state index contributed by atoms with van der Waals surface area (Å²) >= 11 is 1.51. The van der Waals surface area contributed by atoms with Crippen LogP contribution in [0.25, 0.3) is 11.3 Å². The normalized spacial score (nSPS) is 15.8. The number of carbonyl (C=O) groups excluding carboxylic acids is 2. The molecule has 41 heavy (non-hydrogen) atoms. The summed E-state index contributed by atoms with van der Waals surface area (Å²) < 4.78 is 5.35. The average molecular weight is 566 g/mol. The van der Waals surface area contributed by atoms with Crippen LogP contribution in [0.5, 0.6) is 5.75 Å². The van der Waals surface area contributed by atoms with Crippen molar-refractivity contribution in [3.05, 3.63) is 93.9 Å². The van der Waals surface area contributed by atoms with Crippen LogP contribution in [-0.4, -0.2) is 30.5 Å². The van der Waals surface area contributed by atoms with Gasteiger partial charge in [0, 0.05) is 28.2 Å². The molecule has 0 radical (unpaired) electrons. The number of nitrogens with zero attached hydrogens (tertiary/aromatic N) is 2. The Hall–Kier alpha value is -3.97. The number of thiazole rings is 1. The maximum absolute atomic E-state index is 13.9. The van der Waals surface area contributed by atoms with Crippen molar-refractivity contribution in [2.75, 3.05) is 23.9 Å². The molecule has 3 aromatic carbocycles. The van der Waals surface area contributed by atoms with Gasteiger partial charge in [-0.25, -0.2) is 4.98 Å². The van der Waals surface area contributed by atoms with Gasteiger partial charge < -0.3 is 15.0 Å². The SMILES string of the molecule is COc1ccc(C2(C(=O)Nc3nc(-c4ccc5c(c4)CCN5C(=O)c4cccc(C)c4)c(C)s3)CCCCC2)cc1. The van der Waals surface area contributed by atoms with E-state index in [0.717, 1.165) is 82.8 Å². The molecule has 2 heterocycles. The average Bonchev–Trinajstić information content (AvgIpc) is 3.59. The van der Waals surface area contributed by atoms with Gasteiger partial charge in [0.1, 0.15) is 5.75 Å². The number of carbonyl (C=O) groups is 2. The van der Waals surface area contributed by atoms with E-state index in [1.807, 2.05) is 79.4 Å². The first-order valence-corrected chi connectivity index (χ1v) is 15.1. The van der Waals surface area contributed by atoms with Crippen molar-refractivity contribution in [3.8, 4) is 17.0 Å². The quantitative estimate of drug-likeness (QED) is 0.263. The Morgan fingerprint density at radius 1 is 0.976 bits per heavy atom. The van der Waals surface area contributed by atoms with Crippen molar-refractivity contribution in [1.82, 2.24) is 4.98 Å². The van der Waals surface area contributed by atoms with Gasteiger partial charge in [0.15, 0.2) is 5.13 Å². The van der Waals surface area contributed by atoms with E-state index in [0.29, 0.717) is 17.2 Å². The van der Waals surface area contributed by atoms with E-state index >= 15 is 0 Å². The molecule has 1 aliphatic carbocycles. The van der Waals surface area contributed by atoms with Crippen molar-refractivity contribution in [3.63, 3.8) is 0 Å². The topological polar surface area (TPSA) is 71.5 Å². The molecule has 0 saturated heterocycles. The Kier molecular flexibility index (Phi) is 7.39. The molecule has 1 fully saturated rings. The highest BCUT2D eigenvalue weighted by atomic mass is 32.1. The number of fused-ring (bicyclic) bond motifs is 1. The maximum Gasteiger partial charge on any atom is 0.258 e. The highest BCUT2D eigenvalue weighted by molar-refractivity contribution is 7.16. The lowest BCUT2D eigenvalue weighted by Gasteiger charge is -2.36. The van der Waals surface area contributed by atoms with Crippen LogP contribution in [0.4, 0.5) is 10.8 Å². The van der Waals surface area contributed by atoms with Gasteiger partial charge in [-0.2, -0.15) is 0 Å². The molecule has 2 amide bonds. The summed E-state index contributed by atoms with van der Waals surface area (Å²) in [6.07, 6.45) is 5.66. The summed E-state index contributed by atoms with van der Waals surface area (Å²) in [7, 11) is 1.66. The van der Waals surface area contributed by atoms with Crippen molar-refractivity contribution >= 4 is 34.0 Å². The second-order valence-electron chi connectivity index (χ2n) is 11.2. The predicted molar refractivity (Wildman–Crippen MR) is 165 cm³/mol. The Labute approximate surface area is 245 Å². The van der Waals surface area contributed by atoms with Gasteiger partial charge in [-0.3, -0.25) is 9.59 Å². The second kappa shape index (κ2) is 11.1. The summed E-state index contributed by atoms with van der Waals surface area (Å²) in [5.74, 6) is 0.836. The van der Waals surface area contributed by atoms with Crippen LogP contribution in [0.3, 0.4) is 0 Å². The van der Waals surface area contributed by atoms with Crippen LogP contribution >= 0.6 is 11.3 Å². The largest absolute Gasteiger partial charge is 0.497 e. The molecule has 1 saturated carbocycles. The molecule has 1 N–H and O–H groups in total. The number of amides is 2. The Morgan fingerprint density at radius 3 is 2.49 bits per heavy atom. The Balaban J connectivity index is 1.23. The number of rotatable bonds is 6. The van der Waals surface area contributed by atoms with Crippen LogP contribution in [0, 0.1) is 13.8 Å². The molecule has 0 atom stereocenters. The van der Waals surface area contributed by atoms with Crippen molar-refractivity contribution in [2.45, 2.75) is 57.8 Å². The monoisotopic (exact) mass is 565 g/mol. The first-order chi connectivity index (χ1) is 19.9. The number of ether oxygens (including phenoxy) is 1. The van der Waals surface area contributed by atoms with E-state index in [1.54, 1.807) is 7.11 Å². The second-order valence-corrected chi connectivity index (χ2v) is 12.4. The minimum absolute atomic E-state index is 0.0157. The fourth-order valence-corrected chi connectivity index (χ4v) is 7.17. The lowest BCUT2D eigenvalue weighted by atomic mass is 9.68. The van der Waals surface area contributed by atoms with Crippen LogP contribution in [0.1, 0.15) is 64.0 Å². The van der Waals surface area contributed by atoms with Gasteiger partial charge in [-0.15, -0.1) is 11.3 Å². The zero-order chi connectivity index (χ0) is 28.6. The summed E-state index contributed by atoms with van der Waals surface area (Å²) in [5, 5.41) is 3.81. The van der Waals surface area contributed by atoms with Crippen LogP contribution in [-0.2, 0) is 16.6 Å². The molecule has 0 bridgehead atoms. The van der Waals surface area contributed by atoms with E-state index in [-0.39, 0.29) is 11.8 Å². The number of benzene rings is 3. The molecule has 1 aliphatic heterocycles. The molecule has 0 spiro atoms. The number of hydrogen-bond donors (Lipinski definition) is 1. The Bertz CT molecular complexity index is 1600. The summed E-state index contributed by atoms with van der Waals surface area (Å²) in [5.41, 5.74) is 6.23. The molecule has 6 rings (SSSR count). The fourth-order valence-electron chi connectivity index (χ4n) is 6.34. The van der Waals surface area contributed by atoms with E-state index in [9.17, 15) is 9.59 Å². The third-order valence-electron chi connectivity index (χ3n) is 8.56. The molecule has 6 nitrogen and oxygen atoms in total. The smallest absolute Gasteiger partial charge is 0.258 e. The molecular weight excluding hydrogens is 530 g/mol. The third-order valence-corrected chi connectivity index (χ3v) is 9.45. The minimum atomic E-state index is -0.564. The Morgan fingerprint density at radius 2 is 1.76 bits per heavy atom. The highest BCUT2D eigenvalue weighted by Gasteiger charge is 2.41. The maximum atomic E-state index is 13.9. The lowest BCUT2D eigenvalue weighted by Crippen LogP contribution is -2.42. The van der Waals surface area contributed by atoms with Gasteiger partial charge in [-0.1, -0.05) is 55.2 Å². The molecule has 1 aromatic heterocycles. The fraction of sp³-hybridized carbons (Fsp3) is 0.324. The van der Waals surface area contributed by atoms with E-state index in [2.05, 4.69) is 11.4 Å². The third kappa shape index (κ3) is 5.15. The molecule has 4 aromatic rings. The van der Waals surface area contributed by atoms with E-state index < -0.39 is 5.41 Å². The van der Waals surface area contributed by atoms with Gasteiger partial charge >= 0.3 is 0 Å². The van der Waals surface area contributed by atoms with Gasteiger partial charge in [-0.05, 0) is 80.6 Å². The van der Waals surface area contributed by atoms with Crippen molar-refractivity contribution < 1.29 is 14.3 Å². The number of aromatic nitrogens is 1. The first kappa shape index (κ1) is 27.2. The van der Waals surface area contributed by atoms with Gasteiger partial charge in [0.25, 0.3) is 5.91 Å². The van der Waals surface area contributed by atoms with Crippen LogP contribution in [0.15, 0.2) is 66.7 Å². The molecule has 210 valence electrons. The molecular formula is C34H35N3O3S.